The summed E-state index contributed by atoms with van der Waals surface area (Å²) in [5.74, 6) is 5.60. The summed E-state index contributed by atoms with van der Waals surface area (Å²) >= 11 is 2.84. The highest BCUT2D eigenvalue weighted by atomic mass is 32.1. The molecule has 3 aromatic heterocycles. The van der Waals surface area contributed by atoms with E-state index in [0.717, 1.165) is 46.8 Å². The fourth-order valence-electron chi connectivity index (χ4n) is 5.20. The van der Waals surface area contributed by atoms with E-state index >= 15 is 0 Å². The van der Waals surface area contributed by atoms with Gasteiger partial charge in [-0.15, -0.1) is 21.5 Å². The third-order valence-electron chi connectivity index (χ3n) is 7.99. The molecule has 0 saturated heterocycles. The van der Waals surface area contributed by atoms with E-state index in [-0.39, 0.29) is 18.1 Å². The van der Waals surface area contributed by atoms with Crippen LogP contribution in [0.4, 0.5) is 26.3 Å². The number of nitrogens with one attached hydrogen (secondary N) is 2. The van der Waals surface area contributed by atoms with Gasteiger partial charge in [0.25, 0.3) is 0 Å². The van der Waals surface area contributed by atoms with Crippen molar-refractivity contribution >= 4 is 67.0 Å². The molecule has 0 radical (unpaired) electrons. The van der Waals surface area contributed by atoms with Gasteiger partial charge in [0.2, 0.25) is 0 Å². The number of aromatic carboxylic acids is 1. The number of carbonyl (C=O) groups is 1. The van der Waals surface area contributed by atoms with E-state index in [1.54, 1.807) is 12.1 Å². The van der Waals surface area contributed by atoms with Gasteiger partial charge < -0.3 is 25.4 Å². The van der Waals surface area contributed by atoms with Crippen LogP contribution in [0.2, 0.25) is 0 Å². The molecule has 0 aliphatic carbocycles. The molecule has 0 fully saturated rings. The molecule has 0 atom stereocenters. The van der Waals surface area contributed by atoms with Crippen LogP contribution in [-0.2, 0) is 6.42 Å². The molecule has 5 rings (SSSR count). The number of carboxylic acids is 1. The number of thiazole rings is 2. The first-order valence-corrected chi connectivity index (χ1v) is 19.0. The lowest BCUT2D eigenvalue weighted by atomic mass is 10.2. The van der Waals surface area contributed by atoms with Crippen molar-refractivity contribution in [2.24, 2.45) is 0 Å². The lowest BCUT2D eigenvalue weighted by Crippen LogP contribution is -2.22. The topological polar surface area (TPSA) is 132 Å². The molecule has 12 nitrogen and oxygen atoms in total. The number of hydrogen-bond donors (Lipinski definition) is 3. The summed E-state index contributed by atoms with van der Waals surface area (Å²) in [5, 5.41) is 26.9. The van der Waals surface area contributed by atoms with E-state index in [0.29, 0.717) is 53.1 Å². The summed E-state index contributed by atoms with van der Waals surface area (Å²) in [6, 6.07) is 14.5. The molecule has 0 spiro atoms. The molecule has 0 aliphatic heterocycles. The van der Waals surface area contributed by atoms with Crippen LogP contribution < -0.4 is 20.3 Å². The Morgan fingerprint density at radius 2 is 1.94 bits per heavy atom. The molecular formula is C38H45FN9O3S2+. The van der Waals surface area contributed by atoms with Crippen LogP contribution >= 0.6 is 22.7 Å². The second-order valence-corrected chi connectivity index (χ2v) is 14.7. The van der Waals surface area contributed by atoms with Crippen LogP contribution in [0.5, 0.6) is 5.75 Å². The number of likely N-dealkylation sites (N-methyl/N-ethyl adjacent to an activating group) is 2. The van der Waals surface area contributed by atoms with Gasteiger partial charge in [-0.25, -0.2) is 23.7 Å². The summed E-state index contributed by atoms with van der Waals surface area (Å²) in [6.07, 6.45) is 4.59. The molecule has 5 aromatic rings. The second-order valence-electron chi connectivity index (χ2n) is 12.6. The molecule has 0 amide bonds. The van der Waals surface area contributed by atoms with Crippen molar-refractivity contribution in [1.82, 2.24) is 30.4 Å². The average molecular weight is 759 g/mol. The molecule has 278 valence electrons. The highest BCUT2D eigenvalue weighted by Gasteiger charge is 2.23. The zero-order valence-electron chi connectivity index (χ0n) is 30.6. The summed E-state index contributed by atoms with van der Waals surface area (Å²) in [5.41, 5.74) is 2.32. The lowest BCUT2D eigenvalue weighted by molar-refractivity contribution is -0.491. The van der Waals surface area contributed by atoms with Crippen molar-refractivity contribution in [2.75, 3.05) is 71.2 Å². The van der Waals surface area contributed by atoms with E-state index in [2.05, 4.69) is 53.4 Å². The number of hydrogen-bond acceptors (Lipinski definition) is 12. The lowest BCUT2D eigenvalue weighted by Gasteiger charge is -2.21. The predicted molar refractivity (Wildman–Crippen MR) is 212 cm³/mol. The van der Waals surface area contributed by atoms with E-state index in [1.807, 2.05) is 75.2 Å². The van der Waals surface area contributed by atoms with Gasteiger partial charge in [-0.2, -0.15) is 0 Å². The SMILES string of the molecule is CNCC[N+](C)=CCCCN(c1cc(C)c(Nc2nc3ccccc3s2)nn1)c1nc(C(=O)O)c(CCCOc2ccc(C#CCN(C)C)cc2F)s1. The molecule has 3 N–H and O–H groups in total. The first kappa shape index (κ1) is 39.2. The third-order valence-corrected chi connectivity index (χ3v) is 10.1. The van der Waals surface area contributed by atoms with Crippen molar-refractivity contribution in [1.29, 1.82) is 0 Å². The van der Waals surface area contributed by atoms with Gasteiger partial charge in [0, 0.05) is 23.4 Å². The third kappa shape index (κ3) is 11.2. The number of benzene rings is 2. The maximum atomic E-state index is 14.7. The summed E-state index contributed by atoms with van der Waals surface area (Å²) in [6.45, 7) is 5.03. The molecule has 2 aromatic carbocycles. The maximum absolute atomic E-state index is 14.7. The summed E-state index contributed by atoms with van der Waals surface area (Å²) in [4.78, 5) is 26.1. The second kappa shape index (κ2) is 19.2. The first-order chi connectivity index (χ1) is 25.6. The van der Waals surface area contributed by atoms with E-state index < -0.39 is 11.8 Å². The minimum Gasteiger partial charge on any atom is -0.491 e. The van der Waals surface area contributed by atoms with Crippen molar-refractivity contribution in [3.63, 3.8) is 0 Å². The first-order valence-electron chi connectivity index (χ1n) is 17.3. The van der Waals surface area contributed by atoms with Gasteiger partial charge in [-0.3, -0.25) is 4.90 Å². The monoisotopic (exact) mass is 758 g/mol. The number of aromatic nitrogens is 4. The molecule has 0 saturated carbocycles. The molecule has 0 unspecified atom stereocenters. The van der Waals surface area contributed by atoms with Crippen molar-refractivity contribution in [3.8, 4) is 17.6 Å². The predicted octanol–water partition coefficient (Wildman–Crippen LogP) is 6.21. The maximum Gasteiger partial charge on any atom is 0.355 e. The number of nitrogens with zero attached hydrogens (tertiary/aromatic N) is 7. The Labute approximate surface area is 317 Å². The van der Waals surface area contributed by atoms with E-state index in [9.17, 15) is 14.3 Å². The molecule has 53 heavy (non-hydrogen) atoms. The Kier molecular flexibility index (Phi) is 14.2. The number of carboxylic acid groups (broad SMARTS) is 1. The van der Waals surface area contributed by atoms with Crippen molar-refractivity contribution in [3.05, 3.63) is 76.0 Å². The highest BCUT2D eigenvalue weighted by molar-refractivity contribution is 7.22. The fraction of sp³-hybridized carbons (Fsp3) is 0.368. The average Bonchev–Trinajstić information content (AvgIpc) is 3.75. The minimum absolute atomic E-state index is 0.0148. The summed E-state index contributed by atoms with van der Waals surface area (Å²) < 4.78 is 23.7. The van der Waals surface area contributed by atoms with Gasteiger partial charge >= 0.3 is 5.97 Å². The van der Waals surface area contributed by atoms with Crippen LogP contribution in [0, 0.1) is 24.6 Å². The molecular weight excluding hydrogens is 714 g/mol. The van der Waals surface area contributed by atoms with E-state index in [4.69, 9.17) is 4.74 Å². The smallest absolute Gasteiger partial charge is 0.355 e. The van der Waals surface area contributed by atoms with Crippen LogP contribution in [0.25, 0.3) is 10.2 Å². The quantitative estimate of drug-likeness (QED) is 0.0408. The standard InChI is InChI=1S/C38H44FN9O3S2/c1-26-24-33(44-45-35(26)43-37-41-29-13-6-7-14-31(29)52-37)48(21-9-8-20-47(5)22-18-40-2)38-42-34(36(49)50)32(53-38)15-11-23-51-30-17-16-27(25-28(30)39)12-10-19-46(3)4/h6-7,13-14,16-17,20,24-25,40H,8-9,11,15,18-19,21-23H2,1-5H3,(H-,41,43,45,49,50)/p+1. The molecule has 0 bridgehead atoms. The summed E-state index contributed by atoms with van der Waals surface area (Å²) in [7, 11) is 7.81. The van der Waals surface area contributed by atoms with Crippen LogP contribution in [0.3, 0.4) is 0 Å². The number of aryl methyl sites for hydroxylation is 2. The van der Waals surface area contributed by atoms with Crippen LogP contribution in [-0.4, -0.2) is 108 Å². The minimum atomic E-state index is -1.11. The number of fused-ring (bicyclic) bond motifs is 1. The Bertz CT molecular complexity index is 2070. The Morgan fingerprint density at radius 3 is 2.68 bits per heavy atom. The molecule has 0 aliphatic rings. The van der Waals surface area contributed by atoms with Gasteiger partial charge in [-0.05, 0) is 89.3 Å². The fourth-order valence-corrected chi connectivity index (χ4v) is 7.20. The number of ether oxygens (including phenoxy) is 1. The van der Waals surface area contributed by atoms with Crippen molar-refractivity contribution in [2.45, 2.75) is 32.6 Å². The van der Waals surface area contributed by atoms with Gasteiger partial charge in [-0.1, -0.05) is 35.3 Å². The number of rotatable bonds is 18. The molecule has 15 heteroatoms. The number of para-hydroxylation sites is 1. The van der Waals surface area contributed by atoms with Gasteiger partial charge in [0.05, 0.1) is 29.9 Å². The van der Waals surface area contributed by atoms with Crippen molar-refractivity contribution < 1.29 is 23.6 Å². The van der Waals surface area contributed by atoms with Crippen LogP contribution in [0.1, 0.15) is 45.8 Å². The number of anilines is 4. The Morgan fingerprint density at radius 1 is 1.11 bits per heavy atom. The zero-order chi connectivity index (χ0) is 37.7. The Hall–Kier alpha value is -5.01. The highest BCUT2D eigenvalue weighted by Crippen LogP contribution is 2.34. The van der Waals surface area contributed by atoms with Gasteiger partial charge in [0.1, 0.15) is 13.3 Å². The van der Waals surface area contributed by atoms with Gasteiger partial charge in [0.15, 0.2) is 45.7 Å². The zero-order valence-corrected chi connectivity index (χ0v) is 32.3. The molecule has 3 heterocycles. The number of halogens is 1. The normalized spacial score (nSPS) is 11.5. The van der Waals surface area contributed by atoms with Crippen LogP contribution in [0.15, 0.2) is 48.5 Å². The Balaban J connectivity index is 1.31. The van der Waals surface area contributed by atoms with E-state index in [1.165, 1.54) is 28.7 Å². The largest absolute Gasteiger partial charge is 0.491 e. The number of unbranched alkanes of at least 4 members (excludes halogenated alkanes) is 1.